The van der Waals surface area contributed by atoms with Gasteiger partial charge in [0.1, 0.15) is 17.3 Å². The summed E-state index contributed by atoms with van der Waals surface area (Å²) in [5, 5.41) is 7.22. The first kappa shape index (κ1) is 19.2. The molecule has 4 aromatic rings. The van der Waals surface area contributed by atoms with Gasteiger partial charge in [0.25, 0.3) is 5.91 Å². The van der Waals surface area contributed by atoms with Crippen molar-refractivity contribution in [2.24, 2.45) is 0 Å². The third kappa shape index (κ3) is 4.30. The summed E-state index contributed by atoms with van der Waals surface area (Å²) >= 11 is 0. The van der Waals surface area contributed by atoms with E-state index in [1.54, 1.807) is 41.9 Å². The molecule has 4 rings (SSSR count). The molecule has 0 aliphatic carbocycles. The van der Waals surface area contributed by atoms with Crippen molar-refractivity contribution < 1.29 is 9.53 Å². The molecule has 0 atom stereocenters. The maximum Gasteiger partial charge on any atom is 0.275 e. The Kier molecular flexibility index (Phi) is 5.17. The van der Waals surface area contributed by atoms with Crippen molar-refractivity contribution in [1.29, 1.82) is 0 Å². The number of aromatic nitrogens is 6. The zero-order chi connectivity index (χ0) is 21.1. The number of hydrogen-bond acceptors (Lipinski definition) is 7. The molecular formula is C21H19N7O2. The standard InChI is InChI=1S/C21H19N7O2/c1-13-10-14(2)28(27-13)19-11-20(25-15(3)24-19)30-17-6-4-16(5-7-17)26-21(29)18-12-22-8-9-23-18/h4-12H,1-3H3,(H,26,29). The lowest BCUT2D eigenvalue weighted by Crippen LogP contribution is -2.13. The van der Waals surface area contributed by atoms with Crippen molar-refractivity contribution >= 4 is 11.6 Å². The zero-order valence-corrected chi connectivity index (χ0v) is 16.7. The SMILES string of the molecule is Cc1cc(C)n(-c2cc(Oc3ccc(NC(=O)c4cnccn4)cc3)nc(C)n2)n1. The number of amides is 1. The first-order chi connectivity index (χ1) is 14.5. The van der Waals surface area contributed by atoms with Crippen LogP contribution in [0.1, 0.15) is 27.7 Å². The number of aryl methyl sites for hydroxylation is 3. The topological polar surface area (TPSA) is 108 Å². The van der Waals surface area contributed by atoms with E-state index in [4.69, 9.17) is 4.74 Å². The molecule has 0 aliphatic rings. The zero-order valence-electron chi connectivity index (χ0n) is 16.7. The molecule has 0 unspecified atom stereocenters. The number of benzene rings is 1. The Morgan fingerprint density at radius 2 is 1.83 bits per heavy atom. The maximum absolute atomic E-state index is 12.2. The predicted octanol–water partition coefficient (Wildman–Crippen LogP) is 3.42. The molecule has 0 radical (unpaired) electrons. The van der Waals surface area contributed by atoms with Crippen LogP contribution in [0.15, 0.2) is 55.0 Å². The molecule has 0 saturated heterocycles. The summed E-state index contributed by atoms with van der Waals surface area (Å²) in [4.78, 5) is 28.8. The van der Waals surface area contributed by atoms with Gasteiger partial charge in [-0.25, -0.2) is 14.6 Å². The second-order valence-electron chi connectivity index (χ2n) is 6.62. The fourth-order valence-corrected chi connectivity index (χ4v) is 2.89. The average molecular weight is 401 g/mol. The minimum absolute atomic E-state index is 0.242. The molecule has 3 aromatic heterocycles. The lowest BCUT2D eigenvalue weighted by Gasteiger charge is -2.10. The van der Waals surface area contributed by atoms with Crippen molar-refractivity contribution in [3.8, 4) is 17.4 Å². The van der Waals surface area contributed by atoms with Crippen LogP contribution >= 0.6 is 0 Å². The normalized spacial score (nSPS) is 10.6. The van der Waals surface area contributed by atoms with Gasteiger partial charge in [-0.2, -0.15) is 10.1 Å². The highest BCUT2D eigenvalue weighted by Crippen LogP contribution is 2.23. The highest BCUT2D eigenvalue weighted by atomic mass is 16.5. The molecule has 9 heteroatoms. The van der Waals surface area contributed by atoms with E-state index in [2.05, 4.69) is 30.4 Å². The van der Waals surface area contributed by atoms with Gasteiger partial charge in [-0.15, -0.1) is 0 Å². The van der Waals surface area contributed by atoms with E-state index in [1.807, 2.05) is 19.9 Å². The van der Waals surface area contributed by atoms with Crippen LogP contribution in [0.3, 0.4) is 0 Å². The van der Waals surface area contributed by atoms with Crippen LogP contribution in [-0.2, 0) is 0 Å². The molecule has 1 amide bonds. The van der Waals surface area contributed by atoms with E-state index in [9.17, 15) is 4.79 Å². The summed E-state index contributed by atoms with van der Waals surface area (Å²) in [6.07, 6.45) is 4.39. The first-order valence-electron chi connectivity index (χ1n) is 9.22. The number of rotatable bonds is 5. The molecule has 0 aliphatic heterocycles. The van der Waals surface area contributed by atoms with E-state index in [0.29, 0.717) is 29.0 Å². The number of ether oxygens (including phenoxy) is 1. The Balaban J connectivity index is 1.49. The maximum atomic E-state index is 12.2. The molecule has 0 saturated carbocycles. The molecule has 1 N–H and O–H groups in total. The number of hydrogen-bond donors (Lipinski definition) is 1. The molecule has 30 heavy (non-hydrogen) atoms. The Morgan fingerprint density at radius 1 is 1.03 bits per heavy atom. The van der Waals surface area contributed by atoms with Crippen LogP contribution in [0.25, 0.3) is 5.82 Å². The Bertz CT molecular complexity index is 1190. The molecule has 9 nitrogen and oxygen atoms in total. The van der Waals surface area contributed by atoms with Gasteiger partial charge in [0.2, 0.25) is 5.88 Å². The van der Waals surface area contributed by atoms with E-state index in [1.165, 1.54) is 18.6 Å². The fourth-order valence-electron chi connectivity index (χ4n) is 2.89. The summed E-state index contributed by atoms with van der Waals surface area (Å²) in [5.41, 5.74) is 2.73. The molecule has 1 aromatic carbocycles. The van der Waals surface area contributed by atoms with Crippen LogP contribution in [-0.4, -0.2) is 35.6 Å². The van der Waals surface area contributed by atoms with Crippen molar-refractivity contribution in [2.75, 3.05) is 5.32 Å². The first-order valence-corrected chi connectivity index (χ1v) is 9.22. The molecule has 0 spiro atoms. The number of nitrogens with zero attached hydrogens (tertiary/aromatic N) is 6. The summed E-state index contributed by atoms with van der Waals surface area (Å²) in [5.74, 6) is 1.85. The number of carbonyl (C=O) groups is 1. The largest absolute Gasteiger partial charge is 0.439 e. The Labute approximate surface area is 172 Å². The Hall–Kier alpha value is -4.14. The van der Waals surface area contributed by atoms with Crippen molar-refractivity contribution in [3.63, 3.8) is 0 Å². The van der Waals surface area contributed by atoms with E-state index in [-0.39, 0.29) is 11.6 Å². The summed E-state index contributed by atoms with van der Waals surface area (Å²) in [6.45, 7) is 5.69. The second kappa shape index (κ2) is 8.08. The van der Waals surface area contributed by atoms with E-state index in [0.717, 1.165) is 11.4 Å². The van der Waals surface area contributed by atoms with Crippen LogP contribution in [0, 0.1) is 20.8 Å². The van der Waals surface area contributed by atoms with Gasteiger partial charge in [0.05, 0.1) is 11.9 Å². The lowest BCUT2D eigenvalue weighted by molar-refractivity contribution is 0.102. The molecule has 0 fully saturated rings. The van der Waals surface area contributed by atoms with Crippen LogP contribution in [0.2, 0.25) is 0 Å². The number of carbonyl (C=O) groups excluding carboxylic acids is 1. The number of anilines is 1. The van der Waals surface area contributed by atoms with Gasteiger partial charge >= 0.3 is 0 Å². The van der Waals surface area contributed by atoms with Gasteiger partial charge in [-0.3, -0.25) is 9.78 Å². The number of nitrogens with one attached hydrogen (secondary N) is 1. The van der Waals surface area contributed by atoms with Gasteiger partial charge in [0.15, 0.2) is 5.82 Å². The van der Waals surface area contributed by atoms with E-state index >= 15 is 0 Å². The van der Waals surface area contributed by atoms with Crippen LogP contribution < -0.4 is 10.1 Å². The van der Waals surface area contributed by atoms with Gasteiger partial charge in [0, 0.05) is 29.8 Å². The van der Waals surface area contributed by atoms with Gasteiger partial charge in [-0.1, -0.05) is 0 Å². The minimum Gasteiger partial charge on any atom is -0.439 e. The van der Waals surface area contributed by atoms with Gasteiger partial charge < -0.3 is 10.1 Å². The Morgan fingerprint density at radius 3 is 2.50 bits per heavy atom. The van der Waals surface area contributed by atoms with Gasteiger partial charge in [-0.05, 0) is 51.1 Å². The summed E-state index contributed by atoms with van der Waals surface area (Å²) < 4.78 is 7.64. The average Bonchev–Trinajstić information content (AvgIpc) is 3.08. The summed E-state index contributed by atoms with van der Waals surface area (Å²) in [6, 6.07) is 10.7. The highest BCUT2D eigenvalue weighted by Gasteiger charge is 2.11. The second-order valence-corrected chi connectivity index (χ2v) is 6.62. The lowest BCUT2D eigenvalue weighted by atomic mass is 10.3. The van der Waals surface area contributed by atoms with E-state index < -0.39 is 0 Å². The fraction of sp³-hybridized carbons (Fsp3) is 0.143. The third-order valence-corrected chi connectivity index (χ3v) is 4.16. The quantitative estimate of drug-likeness (QED) is 0.546. The van der Waals surface area contributed by atoms with Crippen LogP contribution in [0.5, 0.6) is 11.6 Å². The van der Waals surface area contributed by atoms with Crippen molar-refractivity contribution in [3.05, 3.63) is 77.9 Å². The van der Waals surface area contributed by atoms with Crippen molar-refractivity contribution in [1.82, 2.24) is 29.7 Å². The molecule has 0 bridgehead atoms. The molecular weight excluding hydrogens is 382 g/mol. The smallest absolute Gasteiger partial charge is 0.275 e. The minimum atomic E-state index is -0.335. The van der Waals surface area contributed by atoms with Crippen molar-refractivity contribution in [2.45, 2.75) is 20.8 Å². The molecule has 3 heterocycles. The van der Waals surface area contributed by atoms with Crippen LogP contribution in [0.4, 0.5) is 5.69 Å². The predicted molar refractivity (Wildman–Crippen MR) is 110 cm³/mol. The third-order valence-electron chi connectivity index (χ3n) is 4.16. The molecule has 150 valence electrons. The highest BCUT2D eigenvalue weighted by molar-refractivity contribution is 6.02. The monoisotopic (exact) mass is 401 g/mol. The summed E-state index contributed by atoms with van der Waals surface area (Å²) in [7, 11) is 0.